The predicted molar refractivity (Wildman–Crippen MR) is 110 cm³/mol. The van der Waals surface area contributed by atoms with Gasteiger partial charge in [-0.3, -0.25) is 4.79 Å². The summed E-state index contributed by atoms with van der Waals surface area (Å²) in [6, 6.07) is 9.32. The average Bonchev–Trinajstić information content (AvgIpc) is 3.24. The molecule has 0 saturated carbocycles. The minimum Gasteiger partial charge on any atom is -0.496 e. The number of nitrogens with zero attached hydrogens (tertiary/aromatic N) is 1. The summed E-state index contributed by atoms with van der Waals surface area (Å²) in [7, 11) is -1.87. The molecule has 3 rings (SSSR count). The Morgan fingerprint density at radius 1 is 1.36 bits per heavy atom. The maximum absolute atomic E-state index is 12.7. The van der Waals surface area contributed by atoms with Gasteiger partial charge in [0.1, 0.15) is 9.96 Å². The summed E-state index contributed by atoms with van der Waals surface area (Å²) in [5, 5.41) is 4.72. The highest BCUT2D eigenvalue weighted by atomic mass is 32.2. The van der Waals surface area contributed by atoms with Crippen molar-refractivity contribution >= 4 is 27.3 Å². The first kappa shape index (κ1) is 20.8. The van der Waals surface area contributed by atoms with Crippen LogP contribution in [0.25, 0.3) is 0 Å². The molecule has 0 radical (unpaired) electrons. The average molecular weight is 423 g/mol. The van der Waals surface area contributed by atoms with E-state index >= 15 is 0 Å². The Morgan fingerprint density at radius 3 is 2.89 bits per heavy atom. The molecule has 0 spiro atoms. The Morgan fingerprint density at radius 2 is 2.18 bits per heavy atom. The van der Waals surface area contributed by atoms with Crippen molar-refractivity contribution in [2.75, 3.05) is 26.7 Å². The Labute approximate surface area is 170 Å². The first-order chi connectivity index (χ1) is 13.4. The van der Waals surface area contributed by atoms with Crippen molar-refractivity contribution in [3.63, 3.8) is 0 Å². The van der Waals surface area contributed by atoms with E-state index < -0.39 is 10.0 Å². The third kappa shape index (κ3) is 4.74. The molecule has 0 aliphatic carbocycles. The molecule has 2 heterocycles. The van der Waals surface area contributed by atoms with Crippen LogP contribution in [-0.2, 0) is 21.2 Å². The van der Waals surface area contributed by atoms with Crippen LogP contribution in [0.1, 0.15) is 24.0 Å². The Balaban J connectivity index is 1.57. The van der Waals surface area contributed by atoms with E-state index in [2.05, 4.69) is 11.4 Å². The standard InChI is InChI=1S/C20H26N2O4S2/c1-15-7-8-18(26-2)16(13-15)9-10-21-20(23)17-5-3-11-22(14-17)28(24,25)19-6-4-12-27-19/h4,6-8,12-13,17H,3,5,9-11,14H2,1-2H3,(H,21,23)/t17-/m1/s1. The van der Waals surface area contributed by atoms with E-state index in [-0.39, 0.29) is 18.4 Å². The van der Waals surface area contributed by atoms with Gasteiger partial charge < -0.3 is 10.1 Å². The van der Waals surface area contributed by atoms with Crippen LogP contribution in [0.5, 0.6) is 5.75 Å². The van der Waals surface area contributed by atoms with Gasteiger partial charge in [-0.15, -0.1) is 11.3 Å². The van der Waals surface area contributed by atoms with Crippen LogP contribution in [0, 0.1) is 12.8 Å². The number of methoxy groups -OCH3 is 1. The molecule has 2 aromatic rings. The first-order valence-electron chi connectivity index (χ1n) is 9.36. The molecule has 1 aromatic carbocycles. The highest BCUT2D eigenvalue weighted by Crippen LogP contribution is 2.26. The number of hydrogen-bond donors (Lipinski definition) is 1. The van der Waals surface area contributed by atoms with Gasteiger partial charge in [0.05, 0.1) is 13.0 Å². The zero-order chi connectivity index (χ0) is 20.1. The molecule has 152 valence electrons. The van der Waals surface area contributed by atoms with E-state index in [0.29, 0.717) is 36.6 Å². The molecule has 28 heavy (non-hydrogen) atoms. The number of benzene rings is 1. The number of sulfonamides is 1. The monoisotopic (exact) mass is 422 g/mol. The second kappa shape index (κ2) is 9.07. The molecule has 0 unspecified atom stereocenters. The molecule has 1 saturated heterocycles. The number of aryl methyl sites for hydroxylation is 1. The summed E-state index contributed by atoms with van der Waals surface area (Å²) in [5.74, 6) is 0.409. The number of thiophene rings is 1. The summed E-state index contributed by atoms with van der Waals surface area (Å²) < 4.78 is 32.6. The highest BCUT2D eigenvalue weighted by Gasteiger charge is 2.33. The predicted octanol–water partition coefficient (Wildman–Crippen LogP) is 2.82. The lowest BCUT2D eigenvalue weighted by atomic mass is 9.98. The minimum atomic E-state index is -3.51. The van der Waals surface area contributed by atoms with Crippen molar-refractivity contribution in [3.05, 3.63) is 46.8 Å². The van der Waals surface area contributed by atoms with Gasteiger partial charge in [-0.05, 0) is 49.3 Å². The molecule has 1 aliphatic rings. The van der Waals surface area contributed by atoms with Gasteiger partial charge in [-0.2, -0.15) is 4.31 Å². The van der Waals surface area contributed by atoms with Gasteiger partial charge in [-0.1, -0.05) is 23.8 Å². The second-order valence-electron chi connectivity index (χ2n) is 6.99. The van der Waals surface area contributed by atoms with Crippen LogP contribution >= 0.6 is 11.3 Å². The summed E-state index contributed by atoms with van der Waals surface area (Å²) in [5.41, 5.74) is 2.19. The Hall–Kier alpha value is -1.90. The largest absolute Gasteiger partial charge is 0.496 e. The van der Waals surface area contributed by atoms with Crippen LogP contribution < -0.4 is 10.1 Å². The first-order valence-corrected chi connectivity index (χ1v) is 11.7. The SMILES string of the molecule is COc1ccc(C)cc1CCNC(=O)[C@@H]1CCCN(S(=O)(=O)c2cccs2)C1. The number of amides is 1. The maximum Gasteiger partial charge on any atom is 0.252 e. The fourth-order valence-corrected chi connectivity index (χ4v) is 6.15. The van der Waals surface area contributed by atoms with Gasteiger partial charge in [0, 0.05) is 19.6 Å². The van der Waals surface area contributed by atoms with E-state index in [0.717, 1.165) is 16.9 Å². The molecule has 6 nitrogen and oxygen atoms in total. The number of piperidine rings is 1. The lowest BCUT2D eigenvalue weighted by Crippen LogP contribution is -2.45. The quantitative estimate of drug-likeness (QED) is 0.744. The van der Waals surface area contributed by atoms with Gasteiger partial charge >= 0.3 is 0 Å². The van der Waals surface area contributed by atoms with Crippen LogP contribution in [-0.4, -0.2) is 45.4 Å². The van der Waals surface area contributed by atoms with Gasteiger partial charge in [-0.25, -0.2) is 8.42 Å². The topological polar surface area (TPSA) is 75.7 Å². The normalized spacial score (nSPS) is 18.0. The van der Waals surface area contributed by atoms with Crippen molar-refractivity contribution in [2.45, 2.75) is 30.4 Å². The Kier molecular flexibility index (Phi) is 6.74. The van der Waals surface area contributed by atoms with E-state index in [1.807, 2.05) is 19.1 Å². The summed E-state index contributed by atoms with van der Waals surface area (Å²) in [6.45, 7) is 3.21. The molecular formula is C20H26N2O4S2. The van der Waals surface area contributed by atoms with E-state index in [1.54, 1.807) is 24.6 Å². The van der Waals surface area contributed by atoms with Crippen LogP contribution in [0.3, 0.4) is 0 Å². The second-order valence-corrected chi connectivity index (χ2v) is 10.1. The fraction of sp³-hybridized carbons (Fsp3) is 0.450. The zero-order valence-corrected chi connectivity index (χ0v) is 17.8. The number of ether oxygens (including phenoxy) is 1. The number of hydrogen-bond acceptors (Lipinski definition) is 5. The minimum absolute atomic E-state index is 0.0855. The molecule has 1 fully saturated rings. The fourth-order valence-electron chi connectivity index (χ4n) is 3.48. The third-order valence-electron chi connectivity index (χ3n) is 4.97. The summed E-state index contributed by atoms with van der Waals surface area (Å²) in [4.78, 5) is 12.6. The molecule has 1 aromatic heterocycles. The highest BCUT2D eigenvalue weighted by molar-refractivity contribution is 7.91. The number of rotatable bonds is 7. The molecular weight excluding hydrogens is 396 g/mol. The lowest BCUT2D eigenvalue weighted by Gasteiger charge is -2.30. The molecule has 1 atom stereocenters. The smallest absolute Gasteiger partial charge is 0.252 e. The van der Waals surface area contributed by atoms with E-state index in [1.165, 1.54) is 15.6 Å². The van der Waals surface area contributed by atoms with Crippen molar-refractivity contribution in [2.24, 2.45) is 5.92 Å². The van der Waals surface area contributed by atoms with Crippen molar-refractivity contribution in [1.82, 2.24) is 9.62 Å². The summed E-state index contributed by atoms with van der Waals surface area (Å²) >= 11 is 1.21. The third-order valence-corrected chi connectivity index (χ3v) is 8.21. The molecule has 0 bridgehead atoms. The van der Waals surface area contributed by atoms with Gasteiger partial charge in [0.2, 0.25) is 5.91 Å². The van der Waals surface area contributed by atoms with Crippen LogP contribution in [0.2, 0.25) is 0 Å². The molecule has 8 heteroatoms. The van der Waals surface area contributed by atoms with Crippen LogP contribution in [0.15, 0.2) is 39.9 Å². The van der Waals surface area contributed by atoms with Gasteiger partial charge in [0.15, 0.2) is 0 Å². The van der Waals surface area contributed by atoms with Crippen molar-refractivity contribution in [1.29, 1.82) is 0 Å². The number of nitrogens with one attached hydrogen (secondary N) is 1. The lowest BCUT2D eigenvalue weighted by molar-refractivity contribution is -0.126. The maximum atomic E-state index is 12.7. The van der Waals surface area contributed by atoms with Gasteiger partial charge in [0.25, 0.3) is 10.0 Å². The van der Waals surface area contributed by atoms with Crippen molar-refractivity contribution < 1.29 is 17.9 Å². The number of carbonyl (C=O) groups excluding carboxylic acids is 1. The number of carbonyl (C=O) groups is 1. The van der Waals surface area contributed by atoms with E-state index in [4.69, 9.17) is 4.74 Å². The zero-order valence-electron chi connectivity index (χ0n) is 16.2. The Bertz CT molecular complexity index is 910. The molecule has 1 N–H and O–H groups in total. The molecule has 1 amide bonds. The molecule has 1 aliphatic heterocycles. The summed E-state index contributed by atoms with van der Waals surface area (Å²) in [6.07, 6.45) is 2.06. The van der Waals surface area contributed by atoms with E-state index in [9.17, 15) is 13.2 Å². The van der Waals surface area contributed by atoms with Crippen LogP contribution in [0.4, 0.5) is 0 Å². The van der Waals surface area contributed by atoms with Crippen molar-refractivity contribution in [3.8, 4) is 5.75 Å².